The van der Waals surface area contributed by atoms with E-state index in [-0.39, 0.29) is 17.0 Å². The maximum absolute atomic E-state index is 11.6. The number of nitro groups is 1. The molecule has 0 aromatic heterocycles. The number of hydrogen-bond donors (Lipinski definition) is 0. The molecule has 2 rings (SSSR count). The Morgan fingerprint density at radius 2 is 2.25 bits per heavy atom. The smallest absolute Gasteiger partial charge is 0.280 e. The van der Waals surface area contributed by atoms with Gasteiger partial charge in [0.25, 0.3) is 5.69 Å². The van der Waals surface area contributed by atoms with E-state index in [1.165, 1.54) is 13.0 Å². The molecule has 1 aliphatic carbocycles. The molecule has 0 radical (unpaired) electrons. The lowest BCUT2D eigenvalue weighted by Gasteiger charge is -2.23. The van der Waals surface area contributed by atoms with Crippen LogP contribution in [-0.4, -0.2) is 23.3 Å². The van der Waals surface area contributed by atoms with Gasteiger partial charge in [-0.2, -0.15) is 5.26 Å². The molecule has 6 heteroatoms. The van der Waals surface area contributed by atoms with Crippen LogP contribution in [0, 0.1) is 21.4 Å². The molecule has 0 bridgehead atoms. The molecule has 104 valence electrons. The lowest BCUT2D eigenvalue weighted by molar-refractivity contribution is -0.385. The summed E-state index contributed by atoms with van der Waals surface area (Å²) in [6, 6.07) is 7.07. The normalized spacial score (nSPS) is 13.6. The van der Waals surface area contributed by atoms with Crippen molar-refractivity contribution in [3.8, 4) is 6.07 Å². The lowest BCUT2D eigenvalue weighted by Crippen LogP contribution is -2.26. The van der Waals surface area contributed by atoms with Crippen molar-refractivity contribution in [3.05, 3.63) is 33.9 Å². The molecule has 0 saturated heterocycles. The fourth-order valence-corrected chi connectivity index (χ4v) is 2.22. The Morgan fingerprint density at radius 3 is 2.75 bits per heavy atom. The van der Waals surface area contributed by atoms with Gasteiger partial charge < -0.3 is 4.90 Å². The van der Waals surface area contributed by atoms with Crippen molar-refractivity contribution in [3.63, 3.8) is 0 Å². The summed E-state index contributed by atoms with van der Waals surface area (Å²) in [6.45, 7) is 1.90. The molecular formula is C14H15N3O3. The highest BCUT2D eigenvalue weighted by Crippen LogP contribution is 2.34. The van der Waals surface area contributed by atoms with E-state index >= 15 is 0 Å². The number of nitriles is 1. The van der Waals surface area contributed by atoms with Gasteiger partial charge in [0, 0.05) is 24.3 Å². The predicted molar refractivity (Wildman–Crippen MR) is 73.7 cm³/mol. The highest BCUT2D eigenvalue weighted by atomic mass is 16.6. The fourth-order valence-electron chi connectivity index (χ4n) is 2.22. The van der Waals surface area contributed by atoms with E-state index in [1.807, 2.05) is 0 Å². The van der Waals surface area contributed by atoms with Crippen molar-refractivity contribution in [2.75, 3.05) is 11.4 Å². The quantitative estimate of drug-likeness (QED) is 0.451. The van der Waals surface area contributed by atoms with E-state index < -0.39 is 4.92 Å². The maximum Gasteiger partial charge on any atom is 0.280 e. The molecule has 20 heavy (non-hydrogen) atoms. The molecule has 0 spiro atoms. The second-order valence-corrected chi connectivity index (χ2v) is 4.85. The number of nitro benzene ring substituents is 1. The summed E-state index contributed by atoms with van der Waals surface area (Å²) < 4.78 is 0. The second-order valence-electron chi connectivity index (χ2n) is 4.85. The van der Waals surface area contributed by atoms with Crippen LogP contribution in [0.2, 0.25) is 0 Å². The van der Waals surface area contributed by atoms with Crippen LogP contribution in [0.3, 0.4) is 0 Å². The van der Waals surface area contributed by atoms with Crippen molar-refractivity contribution < 1.29 is 9.72 Å². The van der Waals surface area contributed by atoms with E-state index in [0.717, 1.165) is 18.5 Å². The number of anilines is 1. The number of rotatable bonds is 6. The van der Waals surface area contributed by atoms with Crippen molar-refractivity contribution in [1.29, 1.82) is 5.26 Å². The van der Waals surface area contributed by atoms with Crippen LogP contribution in [0.4, 0.5) is 11.4 Å². The van der Waals surface area contributed by atoms with Crippen LogP contribution < -0.4 is 4.90 Å². The summed E-state index contributed by atoms with van der Waals surface area (Å²) in [7, 11) is 0. The standard InChI is InChI=1S/C14H15N3O3/c1-10(18)13-9-12(5-6-14(13)17(19)20)16(8-2-7-15)11-3-4-11/h5-6,9,11H,2-4,8H2,1H3. The van der Waals surface area contributed by atoms with E-state index in [0.29, 0.717) is 19.0 Å². The number of hydrogen-bond acceptors (Lipinski definition) is 5. The predicted octanol–water partition coefficient (Wildman–Crippen LogP) is 2.68. The third kappa shape index (κ3) is 2.94. The summed E-state index contributed by atoms with van der Waals surface area (Å²) in [6.07, 6.45) is 2.50. The van der Waals surface area contributed by atoms with E-state index in [4.69, 9.17) is 5.26 Å². The van der Waals surface area contributed by atoms with Gasteiger partial charge in [-0.25, -0.2) is 0 Å². The number of nitrogens with zero attached hydrogens (tertiary/aromatic N) is 3. The minimum Gasteiger partial charge on any atom is -0.367 e. The van der Waals surface area contributed by atoms with Gasteiger partial charge in [0.05, 0.1) is 23.0 Å². The topological polar surface area (TPSA) is 87.2 Å². The molecule has 1 fully saturated rings. The van der Waals surface area contributed by atoms with Gasteiger partial charge in [-0.3, -0.25) is 14.9 Å². The van der Waals surface area contributed by atoms with Crippen molar-refractivity contribution in [2.45, 2.75) is 32.2 Å². The molecule has 1 aliphatic rings. The van der Waals surface area contributed by atoms with Crippen LogP contribution in [-0.2, 0) is 0 Å². The molecule has 0 amide bonds. The number of Topliss-reactive ketones (excluding diaryl/α,β-unsaturated/α-hetero) is 1. The van der Waals surface area contributed by atoms with Gasteiger partial charge >= 0.3 is 0 Å². The molecule has 0 heterocycles. The van der Waals surface area contributed by atoms with Crippen LogP contribution in [0.25, 0.3) is 0 Å². The Hall–Kier alpha value is -2.42. The van der Waals surface area contributed by atoms with Gasteiger partial charge in [-0.1, -0.05) is 0 Å². The Balaban J connectivity index is 2.36. The highest BCUT2D eigenvalue weighted by molar-refractivity contribution is 5.99. The summed E-state index contributed by atoms with van der Waals surface area (Å²) in [5.41, 5.74) is 0.728. The van der Waals surface area contributed by atoms with Gasteiger partial charge in [0.2, 0.25) is 0 Å². The molecule has 1 aromatic carbocycles. The van der Waals surface area contributed by atoms with Gasteiger partial charge in [0.15, 0.2) is 5.78 Å². The molecule has 6 nitrogen and oxygen atoms in total. The minimum absolute atomic E-state index is 0.120. The third-order valence-electron chi connectivity index (χ3n) is 3.34. The minimum atomic E-state index is -0.544. The summed E-state index contributed by atoms with van der Waals surface area (Å²) in [5, 5.41) is 19.6. The van der Waals surface area contributed by atoms with Crippen LogP contribution in [0.15, 0.2) is 18.2 Å². The lowest BCUT2D eigenvalue weighted by atomic mass is 10.1. The van der Waals surface area contributed by atoms with E-state index in [2.05, 4.69) is 11.0 Å². The number of ketones is 1. The zero-order valence-corrected chi connectivity index (χ0v) is 11.2. The largest absolute Gasteiger partial charge is 0.367 e. The fraction of sp³-hybridized carbons (Fsp3) is 0.429. The molecule has 1 saturated carbocycles. The third-order valence-corrected chi connectivity index (χ3v) is 3.34. The summed E-state index contributed by atoms with van der Waals surface area (Å²) >= 11 is 0. The summed E-state index contributed by atoms with van der Waals surface area (Å²) in [5.74, 6) is -0.324. The first-order chi connectivity index (χ1) is 9.54. The first-order valence-corrected chi connectivity index (χ1v) is 6.47. The van der Waals surface area contributed by atoms with E-state index in [1.54, 1.807) is 12.1 Å². The van der Waals surface area contributed by atoms with Crippen LogP contribution >= 0.6 is 0 Å². The van der Waals surface area contributed by atoms with Crippen molar-refractivity contribution in [1.82, 2.24) is 0 Å². The van der Waals surface area contributed by atoms with Crippen LogP contribution in [0.1, 0.15) is 36.5 Å². The average Bonchev–Trinajstić information content (AvgIpc) is 3.23. The number of benzene rings is 1. The monoisotopic (exact) mass is 273 g/mol. The first-order valence-electron chi connectivity index (χ1n) is 6.47. The van der Waals surface area contributed by atoms with Gasteiger partial charge in [-0.15, -0.1) is 0 Å². The SMILES string of the molecule is CC(=O)c1cc(N(CCC#N)C2CC2)ccc1[N+](=O)[O-]. The second kappa shape index (κ2) is 5.70. The van der Waals surface area contributed by atoms with Gasteiger partial charge in [-0.05, 0) is 31.9 Å². The van der Waals surface area contributed by atoms with Crippen molar-refractivity contribution >= 4 is 17.2 Å². The molecule has 1 aromatic rings. The zero-order chi connectivity index (χ0) is 14.7. The zero-order valence-electron chi connectivity index (χ0n) is 11.2. The Bertz CT molecular complexity index is 588. The highest BCUT2D eigenvalue weighted by Gasteiger charge is 2.30. The Labute approximate surface area is 116 Å². The molecule has 0 atom stereocenters. The molecular weight excluding hydrogens is 258 g/mol. The maximum atomic E-state index is 11.6. The summed E-state index contributed by atoms with van der Waals surface area (Å²) in [4.78, 5) is 24.0. The van der Waals surface area contributed by atoms with Crippen molar-refractivity contribution in [2.24, 2.45) is 0 Å². The van der Waals surface area contributed by atoms with Crippen LogP contribution in [0.5, 0.6) is 0 Å². The molecule has 0 unspecified atom stereocenters. The van der Waals surface area contributed by atoms with Gasteiger partial charge in [0.1, 0.15) is 0 Å². The number of carbonyl (C=O) groups is 1. The number of carbonyl (C=O) groups excluding carboxylic acids is 1. The Kier molecular flexibility index (Phi) is 3.99. The first kappa shape index (κ1) is 14.0. The van der Waals surface area contributed by atoms with E-state index in [9.17, 15) is 14.9 Å². The average molecular weight is 273 g/mol. The Morgan fingerprint density at radius 1 is 1.55 bits per heavy atom. The molecule has 0 N–H and O–H groups in total. The molecule has 0 aliphatic heterocycles.